The lowest BCUT2D eigenvalue weighted by molar-refractivity contribution is 0.0946. The number of carbonyl (C=O) groups is 1. The van der Waals surface area contributed by atoms with Gasteiger partial charge in [0.2, 0.25) is 0 Å². The third-order valence-electron chi connectivity index (χ3n) is 4.31. The Labute approximate surface area is 183 Å². The van der Waals surface area contributed by atoms with Gasteiger partial charge in [0.1, 0.15) is 0 Å². The predicted octanol–water partition coefficient (Wildman–Crippen LogP) is 4.58. The molecule has 6 nitrogen and oxygen atoms in total. The second-order valence-electron chi connectivity index (χ2n) is 6.35. The van der Waals surface area contributed by atoms with Gasteiger partial charge in [-0.15, -0.1) is 0 Å². The summed E-state index contributed by atoms with van der Waals surface area (Å²) in [4.78, 5) is 21.6. The molecule has 0 aliphatic rings. The van der Waals surface area contributed by atoms with E-state index in [1.807, 2.05) is 42.5 Å². The molecule has 8 heteroatoms. The number of thiocarbonyl (C=S) groups is 1. The first kappa shape index (κ1) is 19.8. The number of halogens is 1. The fraction of sp³-hybridized carbons (Fsp3) is 0. The minimum absolute atomic E-state index is 0.235. The first-order valence-electron chi connectivity index (χ1n) is 9.03. The highest BCUT2D eigenvalue weighted by molar-refractivity contribution is 7.80. The Hall–Kier alpha value is -3.55. The molecule has 0 saturated carbocycles. The molecular weight excluding hydrogens is 418 g/mol. The van der Waals surface area contributed by atoms with Crippen LogP contribution >= 0.6 is 23.8 Å². The zero-order valence-corrected chi connectivity index (χ0v) is 17.2. The number of fused-ring (bicyclic) bond motifs is 1. The normalized spacial score (nSPS) is 10.4. The van der Waals surface area contributed by atoms with Crippen LogP contribution in [0.1, 0.15) is 10.4 Å². The van der Waals surface area contributed by atoms with Gasteiger partial charge in [0, 0.05) is 34.1 Å². The van der Waals surface area contributed by atoms with Gasteiger partial charge >= 0.3 is 0 Å². The van der Waals surface area contributed by atoms with Gasteiger partial charge in [-0.1, -0.05) is 35.9 Å². The largest absolute Gasteiger partial charge is 0.331 e. The van der Waals surface area contributed by atoms with E-state index in [0.29, 0.717) is 22.0 Å². The summed E-state index contributed by atoms with van der Waals surface area (Å²) in [7, 11) is 0. The molecule has 4 rings (SSSR count). The number of hydrogen-bond donors (Lipinski definition) is 3. The number of aromatic nitrogens is 2. The molecule has 3 N–H and O–H groups in total. The highest BCUT2D eigenvalue weighted by atomic mass is 35.5. The lowest BCUT2D eigenvalue weighted by Gasteiger charge is -2.13. The number of nitrogens with zero attached hydrogens (tertiary/aromatic N) is 2. The highest BCUT2D eigenvalue weighted by Crippen LogP contribution is 2.24. The van der Waals surface area contributed by atoms with Crippen molar-refractivity contribution < 1.29 is 4.79 Å². The molecule has 148 valence electrons. The molecule has 0 fully saturated rings. The van der Waals surface area contributed by atoms with Gasteiger partial charge in [-0.2, -0.15) is 0 Å². The number of hydrazine groups is 1. The molecule has 2 heterocycles. The Kier molecular flexibility index (Phi) is 5.83. The van der Waals surface area contributed by atoms with E-state index >= 15 is 0 Å². The van der Waals surface area contributed by atoms with Gasteiger partial charge in [-0.05, 0) is 54.7 Å². The molecule has 0 aliphatic carbocycles. The Morgan fingerprint density at radius 1 is 0.933 bits per heavy atom. The van der Waals surface area contributed by atoms with E-state index in [1.54, 1.807) is 36.7 Å². The van der Waals surface area contributed by atoms with Crippen LogP contribution in [0.25, 0.3) is 22.2 Å². The fourth-order valence-electron chi connectivity index (χ4n) is 2.94. The number of hydrogen-bond acceptors (Lipinski definition) is 4. The Balaban J connectivity index is 1.56. The van der Waals surface area contributed by atoms with Crippen LogP contribution in [0.4, 0.5) is 5.69 Å². The van der Waals surface area contributed by atoms with Crippen LogP contribution in [0.3, 0.4) is 0 Å². The average Bonchev–Trinajstić information content (AvgIpc) is 2.77. The van der Waals surface area contributed by atoms with Crippen molar-refractivity contribution in [1.82, 2.24) is 20.8 Å². The van der Waals surface area contributed by atoms with E-state index in [0.717, 1.165) is 16.5 Å². The highest BCUT2D eigenvalue weighted by Gasteiger charge is 2.14. The minimum atomic E-state index is -0.334. The van der Waals surface area contributed by atoms with Crippen molar-refractivity contribution in [2.75, 3.05) is 5.32 Å². The van der Waals surface area contributed by atoms with Gasteiger partial charge in [-0.3, -0.25) is 20.6 Å². The molecule has 2 aromatic heterocycles. The van der Waals surface area contributed by atoms with E-state index in [2.05, 4.69) is 26.1 Å². The maximum atomic E-state index is 12.9. The fourth-order valence-corrected chi connectivity index (χ4v) is 3.30. The molecule has 0 unspecified atom stereocenters. The minimum Gasteiger partial charge on any atom is -0.331 e. The smallest absolute Gasteiger partial charge is 0.270 e. The number of para-hydroxylation sites is 1. The van der Waals surface area contributed by atoms with Crippen LogP contribution in [0.5, 0.6) is 0 Å². The summed E-state index contributed by atoms with van der Waals surface area (Å²) in [6, 6.07) is 20.0. The van der Waals surface area contributed by atoms with Crippen LogP contribution < -0.4 is 16.2 Å². The van der Waals surface area contributed by atoms with Crippen molar-refractivity contribution >= 4 is 51.4 Å². The maximum Gasteiger partial charge on any atom is 0.270 e. The molecule has 0 atom stereocenters. The molecule has 0 aliphatic heterocycles. The van der Waals surface area contributed by atoms with E-state index in [4.69, 9.17) is 23.8 Å². The number of nitrogens with one attached hydrogen (secondary N) is 3. The van der Waals surface area contributed by atoms with Crippen LogP contribution in [0.15, 0.2) is 79.1 Å². The van der Waals surface area contributed by atoms with Crippen LogP contribution in [0, 0.1) is 0 Å². The van der Waals surface area contributed by atoms with Crippen LogP contribution in [-0.2, 0) is 0 Å². The van der Waals surface area contributed by atoms with Gasteiger partial charge in [0.25, 0.3) is 5.91 Å². The SMILES string of the molecule is O=C(NNC(=S)Nc1cccc(Cl)c1)c1cc(-c2ccncc2)nc2ccccc12. The molecule has 2 aromatic carbocycles. The van der Waals surface area contributed by atoms with E-state index in [1.165, 1.54) is 0 Å². The Morgan fingerprint density at radius 3 is 2.53 bits per heavy atom. The quantitative estimate of drug-likeness (QED) is 0.324. The van der Waals surface area contributed by atoms with Gasteiger partial charge in [-0.25, -0.2) is 4.98 Å². The lowest BCUT2D eigenvalue weighted by Crippen LogP contribution is -2.43. The second kappa shape index (κ2) is 8.86. The summed E-state index contributed by atoms with van der Waals surface area (Å²) in [5, 5.41) is 4.52. The zero-order valence-electron chi connectivity index (χ0n) is 15.6. The maximum absolute atomic E-state index is 12.9. The van der Waals surface area contributed by atoms with E-state index < -0.39 is 0 Å². The van der Waals surface area contributed by atoms with Gasteiger partial charge in [0.05, 0.1) is 16.8 Å². The molecule has 0 bridgehead atoms. The monoisotopic (exact) mass is 433 g/mol. The first-order chi connectivity index (χ1) is 14.6. The summed E-state index contributed by atoms with van der Waals surface area (Å²) in [5.74, 6) is -0.334. The third kappa shape index (κ3) is 4.53. The number of anilines is 1. The molecule has 4 aromatic rings. The summed E-state index contributed by atoms with van der Waals surface area (Å²) in [5.41, 5.74) is 8.82. The topological polar surface area (TPSA) is 78.9 Å². The van der Waals surface area contributed by atoms with Crippen molar-refractivity contribution in [2.24, 2.45) is 0 Å². The third-order valence-corrected chi connectivity index (χ3v) is 4.75. The molecule has 30 heavy (non-hydrogen) atoms. The number of amides is 1. The lowest BCUT2D eigenvalue weighted by atomic mass is 10.0. The second-order valence-corrected chi connectivity index (χ2v) is 7.20. The molecule has 0 saturated heterocycles. The average molecular weight is 434 g/mol. The number of benzene rings is 2. The number of carbonyl (C=O) groups excluding carboxylic acids is 1. The molecule has 0 radical (unpaired) electrons. The van der Waals surface area contributed by atoms with Crippen LogP contribution in [0.2, 0.25) is 5.02 Å². The van der Waals surface area contributed by atoms with Crippen molar-refractivity contribution in [3.63, 3.8) is 0 Å². The van der Waals surface area contributed by atoms with Gasteiger partial charge < -0.3 is 5.32 Å². The summed E-state index contributed by atoms with van der Waals surface area (Å²) in [6.45, 7) is 0. The molecular formula is C22H16ClN5OS. The van der Waals surface area contributed by atoms with Crippen molar-refractivity contribution in [1.29, 1.82) is 0 Å². The van der Waals surface area contributed by atoms with Gasteiger partial charge in [0.15, 0.2) is 5.11 Å². The first-order valence-corrected chi connectivity index (χ1v) is 9.82. The van der Waals surface area contributed by atoms with Crippen molar-refractivity contribution in [3.05, 3.63) is 89.7 Å². The number of pyridine rings is 2. The summed E-state index contributed by atoms with van der Waals surface area (Å²) < 4.78 is 0. The summed E-state index contributed by atoms with van der Waals surface area (Å²) in [6.07, 6.45) is 3.38. The molecule has 0 spiro atoms. The predicted molar refractivity (Wildman–Crippen MR) is 123 cm³/mol. The standard InChI is InChI=1S/C22H16ClN5OS/c23-15-4-3-5-16(12-15)25-22(30)28-27-21(29)18-13-20(14-8-10-24-11-9-14)26-19-7-2-1-6-17(18)19/h1-13H,(H,27,29)(H2,25,28,30). The van der Waals surface area contributed by atoms with E-state index in [9.17, 15) is 4.79 Å². The summed E-state index contributed by atoms with van der Waals surface area (Å²) >= 11 is 11.2. The van der Waals surface area contributed by atoms with Crippen LogP contribution in [-0.4, -0.2) is 21.0 Å². The van der Waals surface area contributed by atoms with E-state index in [-0.39, 0.29) is 11.0 Å². The Bertz CT molecular complexity index is 1230. The van der Waals surface area contributed by atoms with Crippen molar-refractivity contribution in [2.45, 2.75) is 0 Å². The zero-order chi connectivity index (χ0) is 20.9. The number of rotatable bonds is 3. The molecule has 1 amide bonds. The van der Waals surface area contributed by atoms with Crippen molar-refractivity contribution in [3.8, 4) is 11.3 Å². The Morgan fingerprint density at radius 2 is 1.73 bits per heavy atom.